The minimum atomic E-state index is -4.85. The quantitative estimate of drug-likeness (QED) is 0.136. The van der Waals surface area contributed by atoms with Crippen molar-refractivity contribution in [1.29, 1.82) is 21.0 Å². The second-order valence-corrected chi connectivity index (χ2v) is 11.9. The van der Waals surface area contributed by atoms with Gasteiger partial charge in [-0.2, -0.15) is 21.0 Å². The van der Waals surface area contributed by atoms with Gasteiger partial charge >= 0.3 is 12.7 Å². The van der Waals surface area contributed by atoms with E-state index in [2.05, 4.69) is 9.47 Å². The molecule has 0 bridgehead atoms. The third-order valence-electron chi connectivity index (χ3n) is 9.06. The normalized spacial score (nSPS) is 16.5. The van der Waals surface area contributed by atoms with Gasteiger partial charge in [0.25, 0.3) is 0 Å². The van der Waals surface area contributed by atoms with E-state index in [0.717, 1.165) is 5.56 Å². The molecule has 4 aromatic rings. The van der Waals surface area contributed by atoms with E-state index in [1.54, 1.807) is 24.3 Å². The number of nitriles is 4. The number of rotatable bonds is 4. The molecule has 0 aromatic heterocycles. The number of halogens is 6. The van der Waals surface area contributed by atoms with Gasteiger partial charge < -0.3 is 9.47 Å². The van der Waals surface area contributed by atoms with Crippen molar-refractivity contribution < 1.29 is 35.8 Å². The van der Waals surface area contributed by atoms with Crippen LogP contribution in [0.25, 0.3) is 39.0 Å². The van der Waals surface area contributed by atoms with Crippen LogP contribution in [0.4, 0.5) is 26.3 Å². The summed E-state index contributed by atoms with van der Waals surface area (Å²) >= 11 is 0. The lowest BCUT2D eigenvalue weighted by Crippen LogP contribution is -2.17. The third kappa shape index (κ3) is 5.93. The molecule has 0 fully saturated rings. The summed E-state index contributed by atoms with van der Waals surface area (Å²) in [4.78, 5) is 0. The van der Waals surface area contributed by atoms with Gasteiger partial charge in [0.05, 0.1) is 0 Å². The van der Waals surface area contributed by atoms with Gasteiger partial charge in [-0.1, -0.05) is 54.6 Å². The third-order valence-corrected chi connectivity index (χ3v) is 9.06. The average Bonchev–Trinajstić information content (AvgIpc) is 3.59. The lowest BCUT2D eigenvalue weighted by Gasteiger charge is -2.21. The molecule has 0 aliphatic heterocycles. The number of ether oxygens (including phenoxy) is 2. The van der Waals surface area contributed by atoms with Crippen LogP contribution in [0.3, 0.4) is 0 Å². The number of nitrogens with zero attached hydrogens (tertiary/aromatic N) is 4. The van der Waals surface area contributed by atoms with Crippen molar-refractivity contribution in [2.45, 2.75) is 18.6 Å². The molecule has 0 N–H and O–H groups in total. The molecule has 0 amide bonds. The van der Waals surface area contributed by atoms with Crippen LogP contribution in [-0.4, -0.2) is 12.7 Å². The van der Waals surface area contributed by atoms with E-state index in [1.165, 1.54) is 48.5 Å². The fourth-order valence-electron chi connectivity index (χ4n) is 7.03. The lowest BCUT2D eigenvalue weighted by molar-refractivity contribution is -0.275. The number of allylic oxidation sites excluding steroid dienone is 7. The second kappa shape index (κ2) is 12.4. The molecular weight excluding hydrogens is 682 g/mol. The Morgan fingerprint density at radius 2 is 1.08 bits per heavy atom. The molecule has 52 heavy (non-hydrogen) atoms. The molecule has 0 spiro atoms. The van der Waals surface area contributed by atoms with Crippen LogP contribution in [0.2, 0.25) is 0 Å². The molecule has 0 saturated carbocycles. The summed E-state index contributed by atoms with van der Waals surface area (Å²) in [6.45, 7) is 0. The minimum Gasteiger partial charge on any atom is -0.406 e. The van der Waals surface area contributed by atoms with E-state index in [4.69, 9.17) is 0 Å². The van der Waals surface area contributed by atoms with Gasteiger partial charge in [-0.05, 0) is 104 Å². The Labute approximate surface area is 291 Å². The molecule has 7 rings (SSSR count). The van der Waals surface area contributed by atoms with Crippen molar-refractivity contribution >= 4 is 16.7 Å². The van der Waals surface area contributed by atoms with E-state index in [9.17, 15) is 47.4 Å². The Balaban J connectivity index is 1.33. The molecular formula is C40H18F6N4O2. The Kier molecular flexibility index (Phi) is 7.98. The fourth-order valence-corrected chi connectivity index (χ4v) is 7.03. The standard InChI is InChI=1S/C40H18F6N4O2/c41-39(42,43)51-27-7-1-21(2-8-27)23-5-11-29-31-15-36-32(16-35(31)37(33(29)13-23)25(17-47)18-48)30-12-6-24(14-34(30)38(36)26(19-49)20-50)22-3-9-28(10-4-22)52-40(44,45)46/h1-16,29,33H. The molecule has 3 aliphatic rings. The molecule has 0 saturated heterocycles. The summed E-state index contributed by atoms with van der Waals surface area (Å²) in [5.41, 5.74) is 6.74. The van der Waals surface area contributed by atoms with Crippen LogP contribution < -0.4 is 9.47 Å². The SMILES string of the molecule is N#CC(C#N)=C1c2cc(-c3ccc(OC(F)(F)F)cc3)ccc2-c2cc3c(cc21)C1C=CC(c2ccc(OC(F)(F)F)cc2)=CC1C3=C(C#N)C#N. The lowest BCUT2D eigenvalue weighted by atomic mass is 9.81. The smallest absolute Gasteiger partial charge is 0.406 e. The first-order chi connectivity index (χ1) is 24.8. The summed E-state index contributed by atoms with van der Waals surface area (Å²) in [5, 5.41) is 40.1. The van der Waals surface area contributed by atoms with E-state index in [0.29, 0.717) is 61.2 Å². The minimum absolute atomic E-state index is 0.120. The van der Waals surface area contributed by atoms with E-state index >= 15 is 0 Å². The zero-order chi connectivity index (χ0) is 36.9. The molecule has 3 aliphatic carbocycles. The first-order valence-electron chi connectivity index (χ1n) is 15.4. The van der Waals surface area contributed by atoms with Crippen molar-refractivity contribution in [3.63, 3.8) is 0 Å². The van der Waals surface area contributed by atoms with Gasteiger partial charge in [-0.25, -0.2) is 0 Å². The summed E-state index contributed by atoms with van der Waals surface area (Å²) in [5.74, 6) is -1.63. The number of hydrogen-bond acceptors (Lipinski definition) is 6. The first kappa shape index (κ1) is 33.5. The summed E-state index contributed by atoms with van der Waals surface area (Å²) < 4.78 is 84.2. The average molecular weight is 701 g/mol. The van der Waals surface area contributed by atoms with E-state index < -0.39 is 18.6 Å². The Bertz CT molecular complexity index is 2450. The van der Waals surface area contributed by atoms with Crippen molar-refractivity contribution in [1.82, 2.24) is 0 Å². The zero-order valence-corrected chi connectivity index (χ0v) is 26.3. The van der Waals surface area contributed by atoms with Crippen molar-refractivity contribution in [2.75, 3.05) is 0 Å². The highest BCUT2D eigenvalue weighted by atomic mass is 19.4. The summed E-state index contributed by atoms with van der Waals surface area (Å²) in [7, 11) is 0. The maximum Gasteiger partial charge on any atom is 0.573 e. The fraction of sp³-hybridized carbons (Fsp3) is 0.100. The maximum atomic E-state index is 12.7. The molecule has 0 heterocycles. The monoisotopic (exact) mass is 700 g/mol. The van der Waals surface area contributed by atoms with Crippen molar-refractivity contribution in [3.8, 4) is 58.0 Å². The molecule has 0 radical (unpaired) electrons. The number of benzene rings is 4. The van der Waals surface area contributed by atoms with Crippen LogP contribution in [0.15, 0.2) is 108 Å². The highest BCUT2D eigenvalue weighted by molar-refractivity contribution is 6.06. The molecule has 12 heteroatoms. The molecule has 252 valence electrons. The highest BCUT2D eigenvalue weighted by Crippen LogP contribution is 2.56. The van der Waals surface area contributed by atoms with E-state index in [1.807, 2.05) is 48.6 Å². The van der Waals surface area contributed by atoms with Gasteiger partial charge in [0.15, 0.2) is 0 Å². The van der Waals surface area contributed by atoms with Crippen LogP contribution >= 0.6 is 0 Å². The molecule has 2 unspecified atom stereocenters. The molecule has 6 nitrogen and oxygen atoms in total. The predicted octanol–water partition coefficient (Wildman–Crippen LogP) is 10.1. The Morgan fingerprint density at radius 3 is 1.63 bits per heavy atom. The maximum absolute atomic E-state index is 12.7. The van der Waals surface area contributed by atoms with Gasteiger partial charge in [0, 0.05) is 17.4 Å². The Hall–Kier alpha value is -7.02. The van der Waals surface area contributed by atoms with Crippen molar-refractivity contribution in [3.05, 3.63) is 136 Å². The number of alkyl halides is 6. The van der Waals surface area contributed by atoms with Crippen LogP contribution in [-0.2, 0) is 0 Å². The zero-order valence-electron chi connectivity index (χ0n) is 26.3. The largest absolute Gasteiger partial charge is 0.573 e. The second-order valence-electron chi connectivity index (χ2n) is 11.9. The predicted molar refractivity (Wildman–Crippen MR) is 176 cm³/mol. The summed E-state index contributed by atoms with van der Waals surface area (Å²) in [6, 6.07) is 27.6. The van der Waals surface area contributed by atoms with Crippen LogP contribution in [0, 0.1) is 51.2 Å². The van der Waals surface area contributed by atoms with Gasteiger partial charge in [-0.3, -0.25) is 0 Å². The summed E-state index contributed by atoms with van der Waals surface area (Å²) in [6.07, 6.45) is -4.15. The van der Waals surface area contributed by atoms with Crippen LogP contribution in [0.1, 0.15) is 33.7 Å². The highest BCUT2D eigenvalue weighted by Gasteiger charge is 2.41. The van der Waals surface area contributed by atoms with Gasteiger partial charge in [0.2, 0.25) is 0 Å². The van der Waals surface area contributed by atoms with E-state index in [-0.39, 0.29) is 28.6 Å². The topological polar surface area (TPSA) is 114 Å². The van der Waals surface area contributed by atoms with Crippen molar-refractivity contribution in [2.24, 2.45) is 5.92 Å². The first-order valence-corrected chi connectivity index (χ1v) is 15.4. The molecule has 2 atom stereocenters. The Morgan fingerprint density at radius 1 is 0.538 bits per heavy atom. The van der Waals surface area contributed by atoms with Crippen LogP contribution in [0.5, 0.6) is 11.5 Å². The number of fused-ring (bicyclic) bond motifs is 6. The van der Waals surface area contributed by atoms with Gasteiger partial charge in [0.1, 0.15) is 46.9 Å². The van der Waals surface area contributed by atoms with Gasteiger partial charge in [-0.15, -0.1) is 26.3 Å². The molecule has 4 aromatic carbocycles. The number of hydrogen-bond donors (Lipinski definition) is 0.